The summed E-state index contributed by atoms with van der Waals surface area (Å²) >= 11 is 0. The van der Waals surface area contributed by atoms with Gasteiger partial charge in [0, 0.05) is 6.54 Å². The van der Waals surface area contributed by atoms with Gasteiger partial charge in [-0.25, -0.2) is 0 Å². The van der Waals surface area contributed by atoms with Crippen molar-refractivity contribution in [1.82, 2.24) is 5.32 Å². The third-order valence-electron chi connectivity index (χ3n) is 2.47. The molecule has 0 amide bonds. The van der Waals surface area contributed by atoms with E-state index < -0.39 is 0 Å². The Kier molecular flexibility index (Phi) is 6.25. The lowest BCUT2D eigenvalue weighted by atomic mass is 10.2. The largest absolute Gasteiger partial charge is 0.493 e. The number of aliphatic hydroxyl groups excluding tert-OH is 1. The van der Waals surface area contributed by atoms with Gasteiger partial charge in [0.2, 0.25) is 0 Å². The van der Waals surface area contributed by atoms with Crippen LogP contribution in [0.25, 0.3) is 0 Å². The minimum Gasteiger partial charge on any atom is -0.493 e. The smallest absolute Gasteiger partial charge is 0.161 e. The van der Waals surface area contributed by atoms with E-state index >= 15 is 0 Å². The Labute approximate surface area is 108 Å². The summed E-state index contributed by atoms with van der Waals surface area (Å²) in [6, 6.07) is 5.37. The van der Waals surface area contributed by atoms with Crippen molar-refractivity contribution >= 4 is 0 Å². The molecule has 0 radical (unpaired) electrons. The predicted octanol–water partition coefficient (Wildman–Crippen LogP) is 1.73. The van der Waals surface area contributed by atoms with E-state index in [0.717, 1.165) is 24.2 Å². The van der Waals surface area contributed by atoms with Crippen LogP contribution in [-0.2, 0) is 6.61 Å². The summed E-state index contributed by atoms with van der Waals surface area (Å²) in [4.78, 5) is 0. The van der Waals surface area contributed by atoms with E-state index in [9.17, 15) is 0 Å². The molecule has 0 atom stereocenters. The van der Waals surface area contributed by atoms with Crippen LogP contribution >= 0.6 is 0 Å². The van der Waals surface area contributed by atoms with Crippen LogP contribution < -0.4 is 14.8 Å². The van der Waals surface area contributed by atoms with Crippen molar-refractivity contribution in [1.29, 1.82) is 0 Å². The quantitative estimate of drug-likeness (QED) is 0.691. The Morgan fingerprint density at radius 3 is 2.78 bits per heavy atom. The zero-order valence-electron chi connectivity index (χ0n) is 11.0. The average molecular weight is 251 g/mol. The number of benzene rings is 1. The lowest BCUT2D eigenvalue weighted by Crippen LogP contribution is -2.18. The molecule has 0 unspecified atom stereocenters. The molecule has 0 bridgehead atoms. The summed E-state index contributed by atoms with van der Waals surface area (Å²) in [7, 11) is 1.58. The maximum absolute atomic E-state index is 9.04. The van der Waals surface area contributed by atoms with E-state index in [1.54, 1.807) is 19.2 Å². The molecule has 0 fully saturated rings. The molecule has 0 spiro atoms. The summed E-state index contributed by atoms with van der Waals surface area (Å²) < 4.78 is 10.9. The van der Waals surface area contributed by atoms with Crippen LogP contribution in [0.4, 0.5) is 0 Å². The van der Waals surface area contributed by atoms with E-state index in [4.69, 9.17) is 14.6 Å². The molecule has 4 heteroatoms. The van der Waals surface area contributed by atoms with Gasteiger partial charge in [-0.15, -0.1) is 0 Å². The molecule has 1 aromatic rings. The maximum atomic E-state index is 9.04. The summed E-state index contributed by atoms with van der Waals surface area (Å²) in [5.41, 5.74) is 1.77. The van der Waals surface area contributed by atoms with Crippen molar-refractivity contribution in [3.63, 3.8) is 0 Å². The highest BCUT2D eigenvalue weighted by atomic mass is 16.5. The Balaban J connectivity index is 2.58. The van der Waals surface area contributed by atoms with E-state index in [1.807, 2.05) is 13.0 Å². The van der Waals surface area contributed by atoms with Crippen LogP contribution in [0.5, 0.6) is 11.5 Å². The summed E-state index contributed by atoms with van der Waals surface area (Å²) in [6.45, 7) is 8.06. The Bertz CT molecular complexity index is 391. The normalized spacial score (nSPS) is 10.2. The molecule has 0 aliphatic heterocycles. The molecule has 0 aliphatic carbocycles. The van der Waals surface area contributed by atoms with E-state index in [-0.39, 0.29) is 6.61 Å². The fourth-order valence-electron chi connectivity index (χ4n) is 1.46. The molecule has 4 nitrogen and oxygen atoms in total. The third-order valence-corrected chi connectivity index (χ3v) is 2.47. The van der Waals surface area contributed by atoms with Gasteiger partial charge in [-0.3, -0.25) is 0 Å². The summed E-state index contributed by atoms with van der Waals surface area (Å²) in [5.74, 6) is 1.28. The Hall–Kier alpha value is -1.52. The number of nitrogens with one attached hydrogen (secondary N) is 1. The van der Waals surface area contributed by atoms with Crippen LogP contribution in [0.15, 0.2) is 30.4 Å². The van der Waals surface area contributed by atoms with Crippen molar-refractivity contribution < 1.29 is 14.6 Å². The van der Waals surface area contributed by atoms with E-state index in [2.05, 4.69) is 11.9 Å². The number of ether oxygens (including phenoxy) is 2. The molecule has 0 aliphatic rings. The average Bonchev–Trinajstić information content (AvgIpc) is 2.42. The van der Waals surface area contributed by atoms with Crippen LogP contribution in [0.3, 0.4) is 0 Å². The summed E-state index contributed by atoms with van der Waals surface area (Å²) in [5, 5.41) is 12.2. The minimum atomic E-state index is -0.0102. The lowest BCUT2D eigenvalue weighted by molar-refractivity contribution is 0.279. The molecule has 1 aromatic carbocycles. The molecule has 0 heterocycles. The second kappa shape index (κ2) is 7.74. The predicted molar refractivity (Wildman–Crippen MR) is 72.1 cm³/mol. The zero-order valence-corrected chi connectivity index (χ0v) is 11.0. The van der Waals surface area contributed by atoms with Crippen LogP contribution in [0.2, 0.25) is 0 Å². The number of methoxy groups -OCH3 is 1. The van der Waals surface area contributed by atoms with Gasteiger partial charge < -0.3 is 19.9 Å². The van der Waals surface area contributed by atoms with E-state index in [0.29, 0.717) is 18.1 Å². The number of hydrogen-bond acceptors (Lipinski definition) is 4. The second-order valence-corrected chi connectivity index (χ2v) is 3.96. The van der Waals surface area contributed by atoms with Crippen molar-refractivity contribution in [3.8, 4) is 11.5 Å². The SMILES string of the molecule is C=C(CNCC)COc1ccc(CO)cc1OC. The van der Waals surface area contributed by atoms with Crippen LogP contribution in [-0.4, -0.2) is 31.9 Å². The fourth-order valence-corrected chi connectivity index (χ4v) is 1.46. The number of hydrogen-bond donors (Lipinski definition) is 2. The molecule has 100 valence electrons. The van der Waals surface area contributed by atoms with Crippen LogP contribution in [0, 0.1) is 0 Å². The van der Waals surface area contributed by atoms with Gasteiger partial charge >= 0.3 is 0 Å². The van der Waals surface area contributed by atoms with Gasteiger partial charge in [-0.05, 0) is 29.8 Å². The molecular weight excluding hydrogens is 230 g/mol. The van der Waals surface area contributed by atoms with Gasteiger partial charge in [0.1, 0.15) is 6.61 Å². The lowest BCUT2D eigenvalue weighted by Gasteiger charge is -2.13. The van der Waals surface area contributed by atoms with Crippen molar-refractivity contribution in [2.45, 2.75) is 13.5 Å². The first-order chi connectivity index (χ1) is 8.71. The molecule has 1 rings (SSSR count). The molecular formula is C14H21NO3. The van der Waals surface area contributed by atoms with Crippen molar-refractivity contribution in [2.24, 2.45) is 0 Å². The first-order valence-corrected chi connectivity index (χ1v) is 5.99. The Morgan fingerprint density at radius 2 is 2.17 bits per heavy atom. The second-order valence-electron chi connectivity index (χ2n) is 3.96. The number of rotatable bonds is 8. The third kappa shape index (κ3) is 4.39. The maximum Gasteiger partial charge on any atom is 0.161 e. The van der Waals surface area contributed by atoms with Crippen molar-refractivity contribution in [3.05, 3.63) is 35.9 Å². The van der Waals surface area contributed by atoms with Crippen molar-refractivity contribution in [2.75, 3.05) is 26.8 Å². The molecule has 18 heavy (non-hydrogen) atoms. The van der Waals surface area contributed by atoms with Gasteiger partial charge in [0.15, 0.2) is 11.5 Å². The Morgan fingerprint density at radius 1 is 1.39 bits per heavy atom. The first kappa shape index (κ1) is 14.5. The van der Waals surface area contributed by atoms with Gasteiger partial charge in [-0.1, -0.05) is 19.6 Å². The minimum absolute atomic E-state index is 0.0102. The highest BCUT2D eigenvalue weighted by Crippen LogP contribution is 2.28. The monoisotopic (exact) mass is 251 g/mol. The zero-order chi connectivity index (χ0) is 13.4. The highest BCUT2D eigenvalue weighted by Gasteiger charge is 2.06. The molecule has 2 N–H and O–H groups in total. The van der Waals surface area contributed by atoms with Gasteiger partial charge in [0.05, 0.1) is 13.7 Å². The van der Waals surface area contributed by atoms with E-state index in [1.165, 1.54) is 0 Å². The topological polar surface area (TPSA) is 50.7 Å². The number of likely N-dealkylation sites (N-methyl/N-ethyl adjacent to an activating group) is 1. The molecule has 0 aromatic heterocycles. The fraction of sp³-hybridized carbons (Fsp3) is 0.429. The van der Waals surface area contributed by atoms with Crippen LogP contribution in [0.1, 0.15) is 12.5 Å². The van der Waals surface area contributed by atoms with Gasteiger partial charge in [0.25, 0.3) is 0 Å². The first-order valence-electron chi connectivity index (χ1n) is 5.99. The molecule has 0 saturated carbocycles. The number of aliphatic hydroxyl groups is 1. The molecule has 0 saturated heterocycles. The highest BCUT2D eigenvalue weighted by molar-refractivity contribution is 5.43. The summed E-state index contributed by atoms with van der Waals surface area (Å²) in [6.07, 6.45) is 0. The van der Waals surface area contributed by atoms with Gasteiger partial charge in [-0.2, -0.15) is 0 Å². The standard InChI is InChI=1S/C14H21NO3/c1-4-15-8-11(2)10-18-13-6-5-12(9-16)7-14(13)17-3/h5-7,15-16H,2,4,8-10H2,1,3H3.